The van der Waals surface area contributed by atoms with Crippen molar-refractivity contribution in [3.8, 4) is 5.75 Å². The van der Waals surface area contributed by atoms with Crippen LogP contribution >= 0.6 is 0 Å². The van der Waals surface area contributed by atoms with E-state index in [4.69, 9.17) is 14.3 Å². The van der Waals surface area contributed by atoms with Gasteiger partial charge in [0.1, 0.15) is 11.4 Å². The van der Waals surface area contributed by atoms with Crippen molar-refractivity contribution < 1.29 is 19.1 Å². The van der Waals surface area contributed by atoms with E-state index in [9.17, 15) is 9.59 Å². The molecule has 4 rings (SSSR count). The van der Waals surface area contributed by atoms with Crippen molar-refractivity contribution >= 4 is 16.9 Å². The van der Waals surface area contributed by atoms with Gasteiger partial charge in [-0.2, -0.15) is 0 Å². The Labute approximate surface area is 185 Å². The summed E-state index contributed by atoms with van der Waals surface area (Å²) < 4.78 is 10.6. The lowest BCUT2D eigenvalue weighted by atomic mass is 10.1. The van der Waals surface area contributed by atoms with Gasteiger partial charge < -0.3 is 14.5 Å². The van der Waals surface area contributed by atoms with Crippen molar-refractivity contribution in [2.24, 2.45) is 0 Å². The summed E-state index contributed by atoms with van der Waals surface area (Å²) in [4.78, 5) is 37.6. The molecule has 8 heteroatoms. The first-order chi connectivity index (χ1) is 15.6. The molecular weight excluding hydrogens is 410 g/mol. The summed E-state index contributed by atoms with van der Waals surface area (Å²) in [6.45, 7) is 0.634. The van der Waals surface area contributed by atoms with Gasteiger partial charge in [-0.15, -0.1) is 0 Å². The van der Waals surface area contributed by atoms with Gasteiger partial charge in [0.25, 0.3) is 11.5 Å². The lowest BCUT2D eigenvalue weighted by molar-refractivity contribution is -0.186. The number of fused-ring (bicyclic) bond motifs is 1. The predicted molar refractivity (Wildman–Crippen MR) is 120 cm³/mol. The number of hydroxylamine groups is 1. The zero-order valence-corrected chi connectivity index (χ0v) is 18.1. The quantitative estimate of drug-likeness (QED) is 0.524. The third-order valence-corrected chi connectivity index (χ3v) is 5.48. The van der Waals surface area contributed by atoms with Crippen molar-refractivity contribution in [1.82, 2.24) is 15.4 Å². The molecule has 1 fully saturated rings. The molecule has 2 N–H and O–H groups in total. The molecule has 0 aliphatic carbocycles. The number of carbonyl (C=O) groups is 1. The standard InChI is InChI=1S/C24H27N3O5/c1-30-18-11-8-16(9-12-18)5-4-6-20-24(29)26-19-13-10-17(15-21(19)25-20)23(28)27-32-22-7-2-3-14-31-22/h8-13,15,22H,2-7,14H2,1H3,(H,26,29)(H,27,28). The van der Waals surface area contributed by atoms with Crippen LogP contribution in [-0.2, 0) is 22.4 Å². The number of hydrogen-bond donors (Lipinski definition) is 2. The van der Waals surface area contributed by atoms with Gasteiger partial charge in [0.15, 0.2) is 6.29 Å². The molecule has 3 aromatic rings. The van der Waals surface area contributed by atoms with Gasteiger partial charge in [0.2, 0.25) is 0 Å². The maximum atomic E-state index is 12.5. The van der Waals surface area contributed by atoms with Gasteiger partial charge in [0, 0.05) is 18.6 Å². The van der Waals surface area contributed by atoms with E-state index in [-0.39, 0.29) is 11.5 Å². The van der Waals surface area contributed by atoms with Crippen molar-refractivity contribution in [2.45, 2.75) is 44.8 Å². The average Bonchev–Trinajstić information content (AvgIpc) is 2.83. The fourth-order valence-corrected chi connectivity index (χ4v) is 3.67. The molecule has 0 saturated carbocycles. The number of aromatic nitrogens is 2. The van der Waals surface area contributed by atoms with E-state index in [1.807, 2.05) is 24.3 Å². The van der Waals surface area contributed by atoms with Crippen molar-refractivity contribution in [3.63, 3.8) is 0 Å². The molecule has 0 bridgehead atoms. The molecule has 168 valence electrons. The largest absolute Gasteiger partial charge is 0.497 e. The van der Waals surface area contributed by atoms with Gasteiger partial charge in [-0.1, -0.05) is 12.1 Å². The molecule has 1 aromatic heterocycles. The first-order valence-corrected chi connectivity index (χ1v) is 10.9. The third kappa shape index (κ3) is 5.52. The smallest absolute Gasteiger partial charge is 0.275 e. The normalized spacial score (nSPS) is 16.1. The van der Waals surface area contributed by atoms with Crippen LogP contribution in [0.2, 0.25) is 0 Å². The van der Waals surface area contributed by atoms with Crippen LogP contribution in [0.25, 0.3) is 11.0 Å². The minimum absolute atomic E-state index is 0.206. The highest BCUT2D eigenvalue weighted by atomic mass is 16.8. The summed E-state index contributed by atoms with van der Waals surface area (Å²) in [5.41, 5.74) is 5.41. The van der Waals surface area contributed by atoms with Crippen LogP contribution in [0.15, 0.2) is 47.3 Å². The number of hydrogen-bond acceptors (Lipinski definition) is 6. The Morgan fingerprint density at radius 3 is 2.78 bits per heavy atom. The van der Waals surface area contributed by atoms with Crippen LogP contribution in [0.5, 0.6) is 5.75 Å². The van der Waals surface area contributed by atoms with Gasteiger partial charge in [0.05, 0.1) is 18.1 Å². The monoisotopic (exact) mass is 437 g/mol. The Morgan fingerprint density at radius 2 is 2.03 bits per heavy atom. The second kappa shape index (κ2) is 10.4. The molecule has 1 saturated heterocycles. The van der Waals surface area contributed by atoms with Gasteiger partial charge in [-0.05, 0) is 68.0 Å². The Kier molecular flexibility index (Phi) is 7.14. The van der Waals surface area contributed by atoms with E-state index in [1.165, 1.54) is 5.56 Å². The molecular formula is C24H27N3O5. The number of carbonyl (C=O) groups excluding carboxylic acids is 1. The second-order valence-corrected chi connectivity index (χ2v) is 7.79. The lowest BCUT2D eigenvalue weighted by Gasteiger charge is -2.22. The van der Waals surface area contributed by atoms with Crippen molar-refractivity contribution in [1.29, 1.82) is 0 Å². The summed E-state index contributed by atoms with van der Waals surface area (Å²) >= 11 is 0. The van der Waals surface area contributed by atoms with Crippen LogP contribution in [0, 0.1) is 0 Å². The van der Waals surface area contributed by atoms with E-state index in [1.54, 1.807) is 25.3 Å². The number of amides is 1. The van der Waals surface area contributed by atoms with Crippen LogP contribution in [0.3, 0.4) is 0 Å². The maximum absolute atomic E-state index is 12.5. The number of aryl methyl sites for hydroxylation is 2. The number of benzene rings is 2. The zero-order valence-electron chi connectivity index (χ0n) is 18.1. The fourth-order valence-electron chi connectivity index (χ4n) is 3.67. The summed E-state index contributed by atoms with van der Waals surface area (Å²) in [6.07, 6.45) is 4.49. The molecule has 1 aliphatic heterocycles. The van der Waals surface area contributed by atoms with E-state index in [0.717, 1.165) is 37.9 Å². The Hall–Kier alpha value is -3.23. The van der Waals surface area contributed by atoms with Gasteiger partial charge in [-0.25, -0.2) is 15.3 Å². The molecule has 1 atom stereocenters. The topological polar surface area (TPSA) is 103 Å². The van der Waals surface area contributed by atoms with E-state index >= 15 is 0 Å². The summed E-state index contributed by atoms with van der Waals surface area (Å²) in [5, 5.41) is 0. The first kappa shape index (κ1) is 22.0. The fraction of sp³-hybridized carbons (Fsp3) is 0.375. The number of methoxy groups -OCH3 is 1. The Balaban J connectivity index is 1.40. The molecule has 1 amide bonds. The summed E-state index contributed by atoms with van der Waals surface area (Å²) in [7, 11) is 1.64. The van der Waals surface area contributed by atoms with Gasteiger partial charge in [-0.3, -0.25) is 9.59 Å². The molecule has 0 spiro atoms. The lowest BCUT2D eigenvalue weighted by Crippen LogP contribution is -2.33. The minimum Gasteiger partial charge on any atom is -0.497 e. The molecule has 2 aromatic carbocycles. The van der Waals surface area contributed by atoms with Crippen LogP contribution in [-0.4, -0.2) is 35.9 Å². The highest BCUT2D eigenvalue weighted by Gasteiger charge is 2.17. The number of aromatic amines is 1. The number of ether oxygens (including phenoxy) is 2. The summed E-state index contributed by atoms with van der Waals surface area (Å²) in [6, 6.07) is 12.8. The number of nitrogens with one attached hydrogen (secondary N) is 2. The van der Waals surface area contributed by atoms with E-state index in [2.05, 4.69) is 15.4 Å². The second-order valence-electron chi connectivity index (χ2n) is 7.79. The third-order valence-electron chi connectivity index (χ3n) is 5.48. The molecule has 8 nitrogen and oxygen atoms in total. The highest BCUT2D eigenvalue weighted by Crippen LogP contribution is 2.16. The summed E-state index contributed by atoms with van der Waals surface area (Å²) in [5.74, 6) is 0.438. The SMILES string of the molecule is COc1ccc(CCCc2nc3cc(C(=O)NOC4CCCCO4)ccc3[nH]c2=O)cc1. The number of rotatable bonds is 8. The number of nitrogens with zero attached hydrogens (tertiary/aromatic N) is 1. The van der Waals surface area contributed by atoms with Crippen LogP contribution in [0.4, 0.5) is 0 Å². The molecule has 32 heavy (non-hydrogen) atoms. The van der Waals surface area contributed by atoms with E-state index < -0.39 is 6.29 Å². The van der Waals surface area contributed by atoms with Crippen molar-refractivity contribution in [3.05, 3.63) is 69.6 Å². The first-order valence-electron chi connectivity index (χ1n) is 10.9. The number of H-pyrrole nitrogens is 1. The van der Waals surface area contributed by atoms with Gasteiger partial charge >= 0.3 is 0 Å². The predicted octanol–water partition coefficient (Wildman–Crippen LogP) is 3.30. The van der Waals surface area contributed by atoms with Crippen LogP contribution in [0.1, 0.15) is 47.3 Å². The molecule has 1 aliphatic rings. The van der Waals surface area contributed by atoms with Crippen LogP contribution < -0.4 is 15.8 Å². The Morgan fingerprint density at radius 1 is 1.19 bits per heavy atom. The minimum atomic E-state index is -0.417. The maximum Gasteiger partial charge on any atom is 0.275 e. The van der Waals surface area contributed by atoms with E-state index in [0.29, 0.717) is 35.3 Å². The highest BCUT2D eigenvalue weighted by molar-refractivity contribution is 5.96. The average molecular weight is 437 g/mol. The van der Waals surface area contributed by atoms with Crippen molar-refractivity contribution in [2.75, 3.05) is 13.7 Å². The zero-order chi connectivity index (χ0) is 22.3. The Bertz CT molecular complexity index is 1120. The molecule has 2 heterocycles. The molecule has 0 radical (unpaired) electrons. The molecule has 1 unspecified atom stereocenters.